The number of unbranched alkanes of at least 4 members (excludes halogenated alkanes) is 1. The van der Waals surface area contributed by atoms with Crippen molar-refractivity contribution in [3.8, 4) is 0 Å². The first kappa shape index (κ1) is 39.0. The van der Waals surface area contributed by atoms with Crippen molar-refractivity contribution in [2.45, 2.75) is 96.6 Å². The van der Waals surface area contributed by atoms with Crippen LogP contribution < -0.4 is 5.11 Å². The van der Waals surface area contributed by atoms with Crippen molar-refractivity contribution in [3.05, 3.63) is 60.8 Å². The predicted octanol–water partition coefficient (Wildman–Crippen LogP) is 5.39. The van der Waals surface area contributed by atoms with Crippen LogP contribution >= 0.6 is 0 Å². The fourth-order valence-corrected chi connectivity index (χ4v) is 3.79. The lowest BCUT2D eigenvalue weighted by Crippen LogP contribution is -2.55. The minimum Gasteiger partial charge on any atom is -0.544 e. The van der Waals surface area contributed by atoms with E-state index in [0.29, 0.717) is 12.8 Å². The number of allylic oxidation sites excluding steroid dienone is 10. The van der Waals surface area contributed by atoms with Crippen molar-refractivity contribution in [1.29, 1.82) is 0 Å². The van der Waals surface area contributed by atoms with E-state index in [9.17, 15) is 19.5 Å². The molecule has 0 aliphatic carbocycles. The summed E-state index contributed by atoms with van der Waals surface area (Å²) in [5.74, 6) is -1.89. The van der Waals surface area contributed by atoms with Crippen molar-refractivity contribution in [2.75, 3.05) is 41.0 Å². The quantitative estimate of drug-likeness (QED) is 0.0609. The largest absolute Gasteiger partial charge is 0.544 e. The molecule has 0 aromatic carbocycles. The molecule has 0 N–H and O–H groups in total. The molecule has 0 aromatic heterocycles. The summed E-state index contributed by atoms with van der Waals surface area (Å²) in [7, 11) is 5.33. The third-order valence-electron chi connectivity index (χ3n) is 6.14. The zero-order valence-electron chi connectivity index (χ0n) is 26.6. The summed E-state index contributed by atoms with van der Waals surface area (Å²) in [6.45, 7) is 4.07. The van der Waals surface area contributed by atoms with E-state index in [-0.39, 0.29) is 55.5 Å². The SMILES string of the molecule is CC/C=C\C/C=C\C/C=C\C/C=C\C/C=C\CCCC(=O)OC(COCCC(C(=O)[O-])[N+](C)(C)C)COC(=O)CCC. The Labute approximate surface area is 254 Å². The molecule has 42 heavy (non-hydrogen) atoms. The Hall–Kier alpha value is -2.97. The number of hydrogen-bond donors (Lipinski definition) is 0. The molecule has 0 aromatic rings. The lowest BCUT2D eigenvalue weighted by atomic mass is 10.1. The average molecular weight is 590 g/mol. The molecule has 0 spiro atoms. The Kier molecular flexibility index (Phi) is 23.9. The number of hydrogen-bond acceptors (Lipinski definition) is 7. The summed E-state index contributed by atoms with van der Waals surface area (Å²) in [6, 6.07) is -0.732. The van der Waals surface area contributed by atoms with Crippen molar-refractivity contribution in [1.82, 2.24) is 0 Å². The summed E-state index contributed by atoms with van der Waals surface area (Å²) in [5, 5.41) is 11.4. The van der Waals surface area contributed by atoms with Crippen LogP contribution in [0.5, 0.6) is 0 Å². The Morgan fingerprint density at radius 3 is 1.79 bits per heavy atom. The topological polar surface area (TPSA) is 102 Å². The third kappa shape index (κ3) is 23.7. The highest BCUT2D eigenvalue weighted by Gasteiger charge is 2.25. The van der Waals surface area contributed by atoms with Crippen LogP contribution in [-0.4, -0.2) is 75.5 Å². The molecule has 238 valence electrons. The lowest BCUT2D eigenvalue weighted by Gasteiger charge is -2.34. The van der Waals surface area contributed by atoms with Gasteiger partial charge in [0.25, 0.3) is 0 Å². The van der Waals surface area contributed by atoms with Crippen molar-refractivity contribution < 1.29 is 38.2 Å². The number of quaternary nitrogens is 1. The number of carbonyl (C=O) groups is 3. The molecule has 2 unspecified atom stereocenters. The third-order valence-corrected chi connectivity index (χ3v) is 6.14. The van der Waals surface area contributed by atoms with Gasteiger partial charge in [-0.15, -0.1) is 0 Å². The molecular weight excluding hydrogens is 534 g/mol. The average Bonchev–Trinajstić information content (AvgIpc) is 2.92. The number of carboxylic acid groups (broad SMARTS) is 1. The highest BCUT2D eigenvalue weighted by atomic mass is 16.6. The zero-order valence-corrected chi connectivity index (χ0v) is 26.6. The maximum absolute atomic E-state index is 12.4. The van der Waals surface area contributed by atoms with E-state index in [4.69, 9.17) is 14.2 Å². The number of aliphatic carboxylic acids is 1. The molecule has 8 heteroatoms. The number of likely N-dealkylation sites (N-methyl/N-ethyl adjacent to an activating group) is 1. The molecule has 0 fully saturated rings. The van der Waals surface area contributed by atoms with Crippen molar-refractivity contribution in [3.63, 3.8) is 0 Å². The monoisotopic (exact) mass is 589 g/mol. The fraction of sp³-hybridized carbons (Fsp3) is 0.618. The van der Waals surface area contributed by atoms with Gasteiger partial charge in [-0.05, 0) is 51.4 Å². The Morgan fingerprint density at radius 2 is 1.29 bits per heavy atom. The van der Waals surface area contributed by atoms with Crippen LogP contribution in [0.4, 0.5) is 0 Å². The van der Waals surface area contributed by atoms with Gasteiger partial charge in [0.05, 0.1) is 40.3 Å². The molecule has 2 atom stereocenters. The predicted molar refractivity (Wildman–Crippen MR) is 166 cm³/mol. The molecule has 0 amide bonds. The van der Waals surface area contributed by atoms with Crippen molar-refractivity contribution in [2.24, 2.45) is 0 Å². The standard InChI is InChI=1S/C34H55NO7/c1-6-8-9-10-11-12-13-14-15-16-17-18-19-20-21-22-23-25-33(37)42-30(29-41-32(36)24-7-2)28-40-27-26-31(34(38)39)35(3,4)5/h8-9,11-12,14-15,17-18,20-21,30-31H,6-7,10,13,16,19,22-29H2,1-5H3/b9-8-,12-11-,15-14-,18-17-,21-20-. The van der Waals surface area contributed by atoms with Crippen LogP contribution in [0.25, 0.3) is 0 Å². The van der Waals surface area contributed by atoms with Gasteiger partial charge in [-0.1, -0.05) is 74.6 Å². The minimum atomic E-state index is -1.14. The number of ether oxygens (including phenoxy) is 3. The van der Waals surface area contributed by atoms with Crippen LogP contribution in [0.15, 0.2) is 60.8 Å². The molecule has 0 heterocycles. The summed E-state index contributed by atoms with van der Waals surface area (Å²) < 4.78 is 16.5. The van der Waals surface area contributed by atoms with Gasteiger partial charge < -0.3 is 28.6 Å². The van der Waals surface area contributed by atoms with E-state index in [1.54, 1.807) is 21.1 Å². The minimum absolute atomic E-state index is 0.0107. The lowest BCUT2D eigenvalue weighted by molar-refractivity contribution is -0.889. The highest BCUT2D eigenvalue weighted by molar-refractivity contribution is 5.70. The Bertz CT molecular complexity index is 881. The van der Waals surface area contributed by atoms with E-state index < -0.39 is 18.1 Å². The number of rotatable bonds is 25. The van der Waals surface area contributed by atoms with Gasteiger partial charge in [0.1, 0.15) is 12.6 Å². The van der Waals surface area contributed by atoms with Crippen LogP contribution in [0, 0.1) is 0 Å². The van der Waals surface area contributed by atoms with Crippen LogP contribution in [0.3, 0.4) is 0 Å². The van der Waals surface area contributed by atoms with Crippen LogP contribution in [-0.2, 0) is 28.6 Å². The second-order valence-corrected chi connectivity index (χ2v) is 11.0. The number of esters is 2. The van der Waals surface area contributed by atoms with Crippen LogP contribution in [0.2, 0.25) is 0 Å². The molecule has 0 saturated heterocycles. The molecule has 8 nitrogen and oxygen atoms in total. The van der Waals surface area contributed by atoms with Gasteiger partial charge in [-0.25, -0.2) is 0 Å². The van der Waals surface area contributed by atoms with Gasteiger partial charge in [0.2, 0.25) is 0 Å². The van der Waals surface area contributed by atoms with Gasteiger partial charge in [-0.2, -0.15) is 0 Å². The van der Waals surface area contributed by atoms with E-state index in [2.05, 4.69) is 67.7 Å². The first-order valence-electron chi connectivity index (χ1n) is 15.3. The van der Waals surface area contributed by atoms with E-state index >= 15 is 0 Å². The van der Waals surface area contributed by atoms with E-state index in [1.165, 1.54) is 0 Å². The first-order valence-corrected chi connectivity index (χ1v) is 15.3. The summed E-state index contributed by atoms with van der Waals surface area (Å²) in [4.78, 5) is 35.6. The highest BCUT2D eigenvalue weighted by Crippen LogP contribution is 2.09. The van der Waals surface area contributed by atoms with E-state index in [0.717, 1.165) is 38.5 Å². The second-order valence-electron chi connectivity index (χ2n) is 11.0. The summed E-state index contributed by atoms with van der Waals surface area (Å²) >= 11 is 0. The van der Waals surface area contributed by atoms with Crippen molar-refractivity contribution >= 4 is 17.9 Å². The van der Waals surface area contributed by atoms with Gasteiger partial charge >= 0.3 is 11.9 Å². The first-order chi connectivity index (χ1) is 20.1. The zero-order chi connectivity index (χ0) is 31.5. The number of nitrogens with zero attached hydrogens (tertiary/aromatic N) is 1. The fourth-order valence-electron chi connectivity index (χ4n) is 3.79. The Morgan fingerprint density at radius 1 is 0.738 bits per heavy atom. The maximum atomic E-state index is 12.4. The summed E-state index contributed by atoms with van der Waals surface area (Å²) in [6.07, 6.45) is 28.3. The van der Waals surface area contributed by atoms with E-state index in [1.807, 2.05) is 6.92 Å². The molecule has 0 aliphatic rings. The maximum Gasteiger partial charge on any atom is 0.306 e. The molecule has 0 radical (unpaired) electrons. The summed E-state index contributed by atoms with van der Waals surface area (Å²) in [5.41, 5.74) is 0. The number of carbonyl (C=O) groups excluding carboxylic acids is 3. The van der Waals surface area contributed by atoms with Gasteiger partial charge in [0.15, 0.2) is 6.10 Å². The molecule has 0 aliphatic heterocycles. The van der Waals surface area contributed by atoms with Gasteiger partial charge in [-0.3, -0.25) is 9.59 Å². The van der Waals surface area contributed by atoms with Gasteiger partial charge in [0, 0.05) is 19.3 Å². The number of carboxylic acids is 1. The molecule has 0 saturated carbocycles. The second kappa shape index (κ2) is 25.7. The molecule has 0 rings (SSSR count). The Balaban J connectivity index is 4.35. The molecular formula is C34H55NO7. The molecule has 0 bridgehead atoms. The van der Waals surface area contributed by atoms with Crippen LogP contribution in [0.1, 0.15) is 84.5 Å². The smallest absolute Gasteiger partial charge is 0.306 e. The normalized spacial score (nSPS) is 14.0.